The maximum absolute atomic E-state index is 12.9. The van der Waals surface area contributed by atoms with Gasteiger partial charge in [-0.2, -0.15) is 0 Å². The standard InChI is InChI=1S/C19H17NO5/c1-20-12-5-3-2-4-10(12)18(23)16-13(22)7-14-11(17(16)20)6-15(25-14)19(8-21)9-24-19/h2-5,7,15,21-22H,6,8-9H2,1H3. The molecule has 3 heterocycles. The van der Waals surface area contributed by atoms with Crippen molar-refractivity contribution in [3.8, 4) is 11.5 Å². The summed E-state index contributed by atoms with van der Waals surface area (Å²) < 4.78 is 13.3. The number of para-hydroxylation sites is 1. The van der Waals surface area contributed by atoms with Gasteiger partial charge in [0.1, 0.15) is 17.6 Å². The van der Waals surface area contributed by atoms with Crippen molar-refractivity contribution in [1.82, 2.24) is 4.57 Å². The average molecular weight is 339 g/mol. The number of pyridine rings is 1. The van der Waals surface area contributed by atoms with E-state index in [1.165, 1.54) is 6.07 Å². The number of fused-ring (bicyclic) bond motifs is 4. The minimum atomic E-state index is -0.670. The molecule has 2 unspecified atom stereocenters. The number of aromatic nitrogens is 1. The third-order valence-corrected chi connectivity index (χ3v) is 5.44. The summed E-state index contributed by atoms with van der Waals surface area (Å²) in [5.74, 6) is 0.458. The van der Waals surface area contributed by atoms with E-state index in [1.54, 1.807) is 6.07 Å². The van der Waals surface area contributed by atoms with Gasteiger partial charge in [0.2, 0.25) is 5.43 Å². The van der Waals surface area contributed by atoms with Gasteiger partial charge in [-0.15, -0.1) is 0 Å². The van der Waals surface area contributed by atoms with Gasteiger partial charge in [0.25, 0.3) is 0 Å². The lowest BCUT2D eigenvalue weighted by Crippen LogP contribution is -2.37. The number of ether oxygens (including phenoxy) is 2. The van der Waals surface area contributed by atoms with Crippen LogP contribution in [-0.4, -0.2) is 39.7 Å². The number of phenolic OH excluding ortho intramolecular Hbond substituents is 1. The van der Waals surface area contributed by atoms with Gasteiger partial charge in [0.15, 0.2) is 5.60 Å². The number of aliphatic hydroxyl groups is 1. The second-order valence-electron chi connectivity index (χ2n) is 6.82. The van der Waals surface area contributed by atoms with Gasteiger partial charge < -0.3 is 24.3 Å². The molecule has 1 aromatic heterocycles. The van der Waals surface area contributed by atoms with Crippen LogP contribution in [0.25, 0.3) is 21.8 Å². The first-order chi connectivity index (χ1) is 12.1. The molecule has 2 atom stereocenters. The Morgan fingerprint density at radius 1 is 1.36 bits per heavy atom. The minimum absolute atomic E-state index is 0.0875. The summed E-state index contributed by atoms with van der Waals surface area (Å²) in [4.78, 5) is 12.9. The third-order valence-electron chi connectivity index (χ3n) is 5.44. The number of epoxide rings is 1. The Morgan fingerprint density at radius 3 is 2.84 bits per heavy atom. The van der Waals surface area contributed by atoms with Crippen LogP contribution in [0.4, 0.5) is 0 Å². The molecule has 6 nitrogen and oxygen atoms in total. The highest BCUT2D eigenvalue weighted by atomic mass is 16.6. The van der Waals surface area contributed by atoms with E-state index >= 15 is 0 Å². The Hall–Kier alpha value is -2.57. The lowest BCUT2D eigenvalue weighted by molar-refractivity contribution is 0.0665. The molecule has 2 aliphatic rings. The molecule has 0 spiro atoms. The van der Waals surface area contributed by atoms with E-state index in [0.717, 1.165) is 11.1 Å². The van der Waals surface area contributed by atoms with E-state index in [-0.39, 0.29) is 23.9 Å². The first kappa shape index (κ1) is 14.7. The van der Waals surface area contributed by atoms with Crippen molar-refractivity contribution in [2.45, 2.75) is 18.1 Å². The molecular formula is C19H17NO5. The molecule has 2 aromatic carbocycles. The van der Waals surface area contributed by atoms with Crippen LogP contribution in [-0.2, 0) is 18.2 Å². The van der Waals surface area contributed by atoms with Crippen LogP contribution in [0.1, 0.15) is 5.56 Å². The van der Waals surface area contributed by atoms with Crippen LogP contribution in [0.5, 0.6) is 11.5 Å². The van der Waals surface area contributed by atoms with Crippen molar-refractivity contribution in [1.29, 1.82) is 0 Å². The van der Waals surface area contributed by atoms with Crippen molar-refractivity contribution >= 4 is 21.8 Å². The number of benzene rings is 2. The van der Waals surface area contributed by atoms with Crippen LogP contribution in [0.2, 0.25) is 0 Å². The van der Waals surface area contributed by atoms with E-state index in [9.17, 15) is 15.0 Å². The van der Waals surface area contributed by atoms with Crippen molar-refractivity contribution in [2.24, 2.45) is 7.05 Å². The van der Waals surface area contributed by atoms with Gasteiger partial charge in [-0.3, -0.25) is 4.79 Å². The van der Waals surface area contributed by atoms with E-state index < -0.39 is 5.60 Å². The molecule has 1 saturated heterocycles. The summed E-state index contributed by atoms with van der Waals surface area (Å²) in [6.07, 6.45) is 0.206. The summed E-state index contributed by atoms with van der Waals surface area (Å²) >= 11 is 0. The largest absolute Gasteiger partial charge is 0.507 e. The lowest BCUT2D eigenvalue weighted by Gasteiger charge is -2.16. The molecule has 0 radical (unpaired) electrons. The molecule has 2 aliphatic heterocycles. The first-order valence-corrected chi connectivity index (χ1v) is 8.23. The zero-order valence-electron chi connectivity index (χ0n) is 13.7. The Morgan fingerprint density at radius 2 is 2.12 bits per heavy atom. The molecule has 3 aromatic rings. The number of aryl methyl sites for hydroxylation is 1. The smallest absolute Gasteiger partial charge is 0.200 e. The van der Waals surface area contributed by atoms with Gasteiger partial charge in [-0.1, -0.05) is 12.1 Å². The molecule has 0 aliphatic carbocycles. The van der Waals surface area contributed by atoms with Crippen LogP contribution in [0.3, 0.4) is 0 Å². The zero-order valence-corrected chi connectivity index (χ0v) is 13.7. The Labute approximate surface area is 142 Å². The normalized spacial score (nSPS) is 24.5. The molecule has 1 fully saturated rings. The zero-order chi connectivity index (χ0) is 17.3. The highest BCUT2D eigenvalue weighted by Gasteiger charge is 2.55. The highest BCUT2D eigenvalue weighted by molar-refractivity contribution is 5.99. The van der Waals surface area contributed by atoms with E-state index in [2.05, 4.69) is 0 Å². The molecule has 128 valence electrons. The molecule has 6 heteroatoms. The van der Waals surface area contributed by atoms with Crippen LogP contribution >= 0.6 is 0 Å². The summed E-state index contributed by atoms with van der Waals surface area (Å²) in [7, 11) is 1.88. The average Bonchev–Trinajstić information content (AvgIpc) is 3.31. The maximum atomic E-state index is 12.9. The van der Waals surface area contributed by atoms with E-state index in [4.69, 9.17) is 9.47 Å². The number of hydrogen-bond acceptors (Lipinski definition) is 5. The number of aliphatic hydroxyl groups excluding tert-OH is 1. The molecule has 0 bridgehead atoms. The van der Waals surface area contributed by atoms with Crippen LogP contribution < -0.4 is 10.2 Å². The summed E-state index contributed by atoms with van der Waals surface area (Å²) in [5, 5.41) is 21.0. The molecule has 0 saturated carbocycles. The molecule has 25 heavy (non-hydrogen) atoms. The van der Waals surface area contributed by atoms with Gasteiger partial charge in [0, 0.05) is 30.5 Å². The maximum Gasteiger partial charge on any atom is 0.200 e. The van der Waals surface area contributed by atoms with E-state index in [1.807, 2.05) is 29.8 Å². The summed E-state index contributed by atoms with van der Waals surface area (Å²) in [5.41, 5.74) is 1.49. The topological polar surface area (TPSA) is 84.2 Å². The number of aromatic hydroxyl groups is 1. The van der Waals surface area contributed by atoms with Gasteiger partial charge in [-0.05, 0) is 12.1 Å². The minimum Gasteiger partial charge on any atom is -0.507 e. The van der Waals surface area contributed by atoms with Crippen molar-refractivity contribution < 1.29 is 19.7 Å². The van der Waals surface area contributed by atoms with Crippen molar-refractivity contribution in [3.05, 3.63) is 46.1 Å². The Kier molecular flexibility index (Phi) is 2.80. The lowest BCUT2D eigenvalue weighted by atomic mass is 9.96. The Balaban J connectivity index is 1.83. The van der Waals surface area contributed by atoms with E-state index in [0.29, 0.717) is 35.1 Å². The fourth-order valence-electron chi connectivity index (χ4n) is 3.93. The highest BCUT2D eigenvalue weighted by Crippen LogP contribution is 2.45. The van der Waals surface area contributed by atoms with Crippen LogP contribution in [0, 0.1) is 0 Å². The van der Waals surface area contributed by atoms with Gasteiger partial charge in [0.05, 0.1) is 29.6 Å². The fourth-order valence-corrected chi connectivity index (χ4v) is 3.93. The molecular weight excluding hydrogens is 322 g/mol. The number of phenols is 1. The third kappa shape index (κ3) is 1.83. The monoisotopic (exact) mass is 339 g/mol. The predicted octanol–water partition coefficient (Wildman–Crippen LogP) is 1.46. The van der Waals surface area contributed by atoms with Crippen molar-refractivity contribution in [2.75, 3.05) is 13.2 Å². The second kappa shape index (κ2) is 4.74. The predicted molar refractivity (Wildman–Crippen MR) is 92.2 cm³/mol. The Bertz CT molecular complexity index is 1100. The molecule has 2 N–H and O–H groups in total. The summed E-state index contributed by atoms with van der Waals surface area (Å²) in [6, 6.07) is 8.85. The number of rotatable bonds is 2. The second-order valence-corrected chi connectivity index (χ2v) is 6.82. The van der Waals surface area contributed by atoms with Crippen molar-refractivity contribution in [3.63, 3.8) is 0 Å². The van der Waals surface area contributed by atoms with Gasteiger partial charge >= 0.3 is 0 Å². The number of hydrogen-bond donors (Lipinski definition) is 2. The van der Waals surface area contributed by atoms with Crippen LogP contribution in [0.15, 0.2) is 35.1 Å². The SMILES string of the molecule is Cn1c2ccccc2c(=O)c2c(O)cc3c(c21)CC(C1(CO)CO1)O3. The fraction of sp³-hybridized carbons (Fsp3) is 0.316. The first-order valence-electron chi connectivity index (χ1n) is 8.23. The molecule has 5 rings (SSSR count). The quantitative estimate of drug-likeness (QED) is 0.545. The molecule has 0 amide bonds. The number of nitrogens with zero attached hydrogens (tertiary/aromatic N) is 1. The summed E-state index contributed by atoms with van der Waals surface area (Å²) in [6.45, 7) is 0.339. The van der Waals surface area contributed by atoms with Gasteiger partial charge in [-0.25, -0.2) is 0 Å².